The molecule has 112 valence electrons. The van der Waals surface area contributed by atoms with Gasteiger partial charge >= 0.3 is 0 Å². The summed E-state index contributed by atoms with van der Waals surface area (Å²) in [6.07, 6.45) is -0.638. The van der Waals surface area contributed by atoms with Gasteiger partial charge in [0.15, 0.2) is 0 Å². The summed E-state index contributed by atoms with van der Waals surface area (Å²) in [5.41, 5.74) is 0. The predicted octanol–water partition coefficient (Wildman–Crippen LogP) is 0.481. The van der Waals surface area contributed by atoms with Gasteiger partial charge in [0, 0.05) is 21.1 Å². The number of ether oxygens (including phenoxy) is 4. The molecule has 0 N–H and O–H groups in total. The van der Waals surface area contributed by atoms with Gasteiger partial charge in [-0.15, -0.1) is 5.06 Å². The fourth-order valence-electron chi connectivity index (χ4n) is 2.07. The van der Waals surface area contributed by atoms with Crippen LogP contribution in [0.15, 0.2) is 11.6 Å². The summed E-state index contributed by atoms with van der Waals surface area (Å²) in [5, 5.41) is 2.85. The van der Waals surface area contributed by atoms with E-state index in [4.69, 9.17) is 28.6 Å². The quantitative estimate of drug-likeness (QED) is 0.695. The maximum atomic E-state index is 5.49. The fraction of sp³-hybridized carbons (Fsp3) is 0.818. The van der Waals surface area contributed by atoms with E-state index in [-0.39, 0.29) is 0 Å². The van der Waals surface area contributed by atoms with Crippen LogP contribution < -0.4 is 0 Å². The molecule has 1 aliphatic heterocycles. The Bertz CT molecular complexity index is 337. The van der Waals surface area contributed by atoms with Crippen molar-refractivity contribution in [2.75, 3.05) is 42.7 Å². The van der Waals surface area contributed by atoms with Gasteiger partial charge in [0.25, 0.3) is 5.88 Å². The second kappa shape index (κ2) is 6.40. The first-order valence-corrected chi connectivity index (χ1v) is 5.63. The number of hydrogen-bond donors (Lipinski definition) is 0. The monoisotopic (exact) mass is 278 g/mol. The van der Waals surface area contributed by atoms with Crippen LogP contribution >= 0.6 is 0 Å². The Kier molecular flexibility index (Phi) is 5.39. The average molecular weight is 278 g/mol. The Morgan fingerprint density at radius 2 is 1.58 bits per heavy atom. The standard InChI is InChI=1S/C11H22N2O6/c1-11(17-5)12(18-6)9(15-3)8(14-2)10(16-4)13(11)19-7/h9H,1-7H3. The summed E-state index contributed by atoms with van der Waals surface area (Å²) in [5.74, 6) is -0.338. The Labute approximate surface area is 113 Å². The van der Waals surface area contributed by atoms with Crippen molar-refractivity contribution in [3.05, 3.63) is 11.6 Å². The molecule has 8 nitrogen and oxygen atoms in total. The maximum absolute atomic E-state index is 5.49. The van der Waals surface area contributed by atoms with Gasteiger partial charge in [0.1, 0.15) is 0 Å². The number of rotatable bonds is 6. The van der Waals surface area contributed by atoms with E-state index in [9.17, 15) is 0 Å². The van der Waals surface area contributed by atoms with E-state index < -0.39 is 12.1 Å². The summed E-state index contributed by atoms with van der Waals surface area (Å²) >= 11 is 0. The number of hydrogen-bond acceptors (Lipinski definition) is 8. The molecule has 0 amide bonds. The zero-order valence-electron chi connectivity index (χ0n) is 12.4. The summed E-state index contributed by atoms with van der Waals surface area (Å²) in [6, 6.07) is 0. The summed E-state index contributed by atoms with van der Waals surface area (Å²) in [7, 11) is 9.06. The SMILES string of the molecule is COC1=C(OC)N(OC)C(C)(OC)N(OC)C1OC. The number of hydroxylamine groups is 4. The molecule has 1 rings (SSSR count). The molecule has 2 atom stereocenters. The predicted molar refractivity (Wildman–Crippen MR) is 65.0 cm³/mol. The highest BCUT2D eigenvalue weighted by molar-refractivity contribution is 5.11. The van der Waals surface area contributed by atoms with Crippen molar-refractivity contribution in [1.82, 2.24) is 10.1 Å². The van der Waals surface area contributed by atoms with E-state index in [2.05, 4.69) is 0 Å². The van der Waals surface area contributed by atoms with Crippen LogP contribution in [-0.2, 0) is 28.6 Å². The Balaban J connectivity index is 3.42. The normalized spacial score (nSPS) is 28.8. The van der Waals surface area contributed by atoms with E-state index >= 15 is 0 Å². The van der Waals surface area contributed by atoms with Crippen molar-refractivity contribution in [3.63, 3.8) is 0 Å². The lowest BCUT2D eigenvalue weighted by Crippen LogP contribution is -2.66. The minimum Gasteiger partial charge on any atom is -0.492 e. The van der Waals surface area contributed by atoms with E-state index in [1.165, 1.54) is 52.8 Å². The molecule has 0 saturated carbocycles. The molecule has 0 aromatic carbocycles. The van der Waals surface area contributed by atoms with E-state index in [0.29, 0.717) is 11.6 Å². The van der Waals surface area contributed by atoms with Gasteiger partial charge in [-0.1, -0.05) is 0 Å². The lowest BCUT2D eigenvalue weighted by Gasteiger charge is -2.50. The first kappa shape index (κ1) is 16.0. The van der Waals surface area contributed by atoms with Gasteiger partial charge < -0.3 is 18.9 Å². The zero-order valence-corrected chi connectivity index (χ0v) is 12.4. The molecule has 0 aliphatic carbocycles. The third-order valence-electron chi connectivity index (χ3n) is 3.02. The molecule has 19 heavy (non-hydrogen) atoms. The van der Waals surface area contributed by atoms with Crippen LogP contribution in [0, 0.1) is 0 Å². The van der Waals surface area contributed by atoms with Crippen LogP contribution in [-0.4, -0.2) is 64.9 Å². The summed E-state index contributed by atoms with van der Waals surface area (Å²) in [6.45, 7) is 1.75. The molecule has 0 bridgehead atoms. The van der Waals surface area contributed by atoms with E-state index in [1.54, 1.807) is 6.92 Å². The van der Waals surface area contributed by atoms with Crippen molar-refractivity contribution < 1.29 is 28.6 Å². The number of nitrogens with zero attached hydrogens (tertiary/aromatic N) is 2. The van der Waals surface area contributed by atoms with Crippen molar-refractivity contribution in [1.29, 1.82) is 0 Å². The van der Waals surface area contributed by atoms with Crippen molar-refractivity contribution >= 4 is 0 Å². The second-order valence-corrected chi connectivity index (χ2v) is 3.79. The first-order chi connectivity index (χ1) is 9.05. The van der Waals surface area contributed by atoms with Crippen molar-refractivity contribution in [2.45, 2.75) is 19.0 Å². The van der Waals surface area contributed by atoms with Gasteiger partial charge in [-0.2, -0.15) is 5.06 Å². The first-order valence-electron chi connectivity index (χ1n) is 5.63. The van der Waals surface area contributed by atoms with Gasteiger partial charge in [-0.3, -0.25) is 9.68 Å². The lowest BCUT2D eigenvalue weighted by atomic mass is 10.2. The molecule has 0 radical (unpaired) electrons. The molecule has 0 spiro atoms. The Morgan fingerprint density at radius 3 is 1.89 bits per heavy atom. The second-order valence-electron chi connectivity index (χ2n) is 3.79. The molecule has 0 aromatic rings. The largest absolute Gasteiger partial charge is 0.492 e. The maximum Gasteiger partial charge on any atom is 0.261 e. The molecular formula is C11H22N2O6. The van der Waals surface area contributed by atoms with E-state index in [0.717, 1.165) is 0 Å². The molecule has 8 heteroatoms. The minimum absolute atomic E-state index is 0.342. The third-order valence-corrected chi connectivity index (χ3v) is 3.02. The Morgan fingerprint density at radius 1 is 0.947 bits per heavy atom. The van der Waals surface area contributed by atoms with Crippen LogP contribution in [0.1, 0.15) is 6.92 Å². The average Bonchev–Trinajstić information content (AvgIpc) is 2.45. The molecule has 0 saturated heterocycles. The lowest BCUT2D eigenvalue weighted by molar-refractivity contribution is -0.441. The van der Waals surface area contributed by atoms with Crippen molar-refractivity contribution in [2.24, 2.45) is 0 Å². The van der Waals surface area contributed by atoms with Crippen LogP contribution in [0.5, 0.6) is 0 Å². The zero-order chi connectivity index (χ0) is 14.6. The molecule has 1 heterocycles. The molecule has 2 unspecified atom stereocenters. The summed E-state index contributed by atoms with van der Waals surface area (Å²) in [4.78, 5) is 10.7. The molecule has 0 fully saturated rings. The molecular weight excluding hydrogens is 256 g/mol. The smallest absolute Gasteiger partial charge is 0.261 e. The van der Waals surface area contributed by atoms with Gasteiger partial charge in [0.05, 0.1) is 28.4 Å². The summed E-state index contributed by atoms with van der Waals surface area (Å²) < 4.78 is 21.6. The number of methoxy groups -OCH3 is 4. The van der Waals surface area contributed by atoms with Crippen molar-refractivity contribution in [3.8, 4) is 0 Å². The van der Waals surface area contributed by atoms with Crippen LogP contribution in [0.3, 0.4) is 0 Å². The highest BCUT2D eigenvalue weighted by atomic mass is 16.8. The topological polar surface area (TPSA) is 61.9 Å². The highest BCUT2D eigenvalue weighted by Crippen LogP contribution is 2.37. The highest BCUT2D eigenvalue weighted by Gasteiger charge is 2.53. The van der Waals surface area contributed by atoms with Crippen LogP contribution in [0.2, 0.25) is 0 Å². The van der Waals surface area contributed by atoms with Crippen LogP contribution in [0.4, 0.5) is 0 Å². The fourth-order valence-corrected chi connectivity index (χ4v) is 2.07. The Hall–Kier alpha value is -1.06. The van der Waals surface area contributed by atoms with E-state index in [1.807, 2.05) is 0 Å². The van der Waals surface area contributed by atoms with Gasteiger partial charge in [0.2, 0.25) is 17.8 Å². The van der Waals surface area contributed by atoms with Gasteiger partial charge in [-0.05, 0) is 0 Å². The minimum atomic E-state index is -1.09. The molecule has 1 aliphatic rings. The molecule has 0 aromatic heterocycles. The van der Waals surface area contributed by atoms with Crippen LogP contribution in [0.25, 0.3) is 0 Å². The van der Waals surface area contributed by atoms with Gasteiger partial charge in [-0.25, -0.2) is 0 Å². The third kappa shape index (κ3) is 2.37.